The number of fused-ring (bicyclic) bond motifs is 2. The van der Waals surface area contributed by atoms with Gasteiger partial charge in [-0.15, -0.1) is 0 Å². The van der Waals surface area contributed by atoms with Crippen molar-refractivity contribution in [3.63, 3.8) is 0 Å². The molecule has 8 nitrogen and oxygen atoms in total. The molecule has 0 saturated carbocycles. The number of carbonyl (C=O) groups excluding carboxylic acids is 1. The number of carbonyl (C=O) groups is 1. The molecule has 2 aromatic heterocycles. The summed E-state index contributed by atoms with van der Waals surface area (Å²) in [6, 6.07) is 17.1. The van der Waals surface area contributed by atoms with Crippen molar-refractivity contribution in [1.82, 2.24) is 9.66 Å². The minimum absolute atomic E-state index is 0.187. The lowest BCUT2D eigenvalue weighted by Crippen LogP contribution is -2.20. The highest BCUT2D eigenvalue weighted by Gasteiger charge is 2.18. The van der Waals surface area contributed by atoms with E-state index in [1.165, 1.54) is 6.21 Å². The number of aromatic nitrogens is 2. The summed E-state index contributed by atoms with van der Waals surface area (Å²) in [6.07, 6.45) is 1.40. The second kappa shape index (κ2) is 11.0. The molecule has 0 amide bonds. The van der Waals surface area contributed by atoms with Gasteiger partial charge in [0.1, 0.15) is 11.3 Å². The Labute approximate surface area is 234 Å². The zero-order valence-electron chi connectivity index (χ0n) is 19.8. The lowest BCUT2D eigenvalue weighted by Gasteiger charge is -2.12. The fourth-order valence-corrected chi connectivity index (χ4v) is 4.93. The van der Waals surface area contributed by atoms with Gasteiger partial charge in [-0.1, -0.05) is 35.3 Å². The molecule has 0 aliphatic carbocycles. The maximum Gasteiger partial charge on any atom is 0.344 e. The molecule has 0 saturated heterocycles. The molecule has 0 aliphatic heterocycles. The number of hydrogen-bond acceptors (Lipinski definition) is 7. The minimum Gasteiger partial charge on any atom is -0.480 e. The molecule has 192 valence electrons. The third-order valence-electron chi connectivity index (χ3n) is 5.44. The highest BCUT2D eigenvalue weighted by atomic mass is 79.9. The third-order valence-corrected chi connectivity index (χ3v) is 6.48. The van der Waals surface area contributed by atoms with E-state index in [4.69, 9.17) is 37.1 Å². The Kier molecular flexibility index (Phi) is 7.51. The number of halogens is 3. The first kappa shape index (κ1) is 26.0. The van der Waals surface area contributed by atoms with Crippen LogP contribution in [0.25, 0.3) is 33.5 Å². The molecule has 11 heteroatoms. The highest BCUT2D eigenvalue weighted by Crippen LogP contribution is 2.33. The fraction of sp³-hybridized carbons (Fsp3) is 0.111. The molecule has 38 heavy (non-hydrogen) atoms. The molecule has 0 aliphatic rings. The van der Waals surface area contributed by atoms with E-state index in [-0.39, 0.29) is 19.0 Å². The van der Waals surface area contributed by atoms with Crippen LogP contribution >= 0.6 is 39.1 Å². The summed E-state index contributed by atoms with van der Waals surface area (Å²) in [4.78, 5) is 30.1. The maximum absolute atomic E-state index is 13.5. The van der Waals surface area contributed by atoms with Crippen molar-refractivity contribution in [3.8, 4) is 17.3 Å². The number of rotatable bonds is 7. The van der Waals surface area contributed by atoms with E-state index in [1.54, 1.807) is 67.6 Å². The molecule has 0 atom stereocenters. The summed E-state index contributed by atoms with van der Waals surface area (Å²) >= 11 is 15.8. The first-order valence-electron chi connectivity index (χ1n) is 11.4. The molecule has 0 bridgehead atoms. The van der Waals surface area contributed by atoms with Crippen LogP contribution in [0.1, 0.15) is 12.5 Å². The Morgan fingerprint density at radius 1 is 1.13 bits per heavy atom. The Bertz CT molecular complexity index is 1780. The molecule has 3 aromatic carbocycles. The summed E-state index contributed by atoms with van der Waals surface area (Å²) in [6.45, 7) is 1.61. The zero-order valence-corrected chi connectivity index (χ0v) is 22.9. The van der Waals surface area contributed by atoms with Crippen LogP contribution in [0.4, 0.5) is 0 Å². The van der Waals surface area contributed by atoms with E-state index < -0.39 is 11.5 Å². The average molecular weight is 615 g/mol. The van der Waals surface area contributed by atoms with Gasteiger partial charge in [0.2, 0.25) is 5.82 Å². The first-order valence-corrected chi connectivity index (χ1v) is 12.9. The van der Waals surface area contributed by atoms with Crippen LogP contribution in [0.2, 0.25) is 10.0 Å². The number of nitrogens with zero attached hydrogens (tertiary/aromatic N) is 3. The van der Waals surface area contributed by atoms with Crippen molar-refractivity contribution in [2.24, 2.45) is 5.10 Å². The van der Waals surface area contributed by atoms with Crippen molar-refractivity contribution < 1.29 is 18.7 Å². The Hall–Kier alpha value is -3.66. The molecular formula is C27H18BrCl2N3O5. The van der Waals surface area contributed by atoms with Crippen molar-refractivity contribution in [3.05, 3.63) is 91.1 Å². The molecule has 0 fully saturated rings. The minimum atomic E-state index is -0.528. The van der Waals surface area contributed by atoms with Gasteiger partial charge in [-0.2, -0.15) is 9.78 Å². The van der Waals surface area contributed by atoms with Crippen LogP contribution in [0.3, 0.4) is 0 Å². The van der Waals surface area contributed by atoms with Gasteiger partial charge in [-0.25, -0.2) is 9.78 Å². The standard InChI is InChI=1S/C27H18BrCl2N3O5/c1-2-36-24(34)14-37-25-16(10-18(30)12-20(25)28)13-31-33-26(32-21-6-4-3-5-19(21)27(33)35)23-11-15-9-17(29)7-8-22(15)38-23/h3-13H,2,14H2,1H3. The largest absolute Gasteiger partial charge is 0.480 e. The van der Waals surface area contributed by atoms with E-state index in [0.717, 1.165) is 10.1 Å². The second-order valence-corrected chi connectivity index (χ2v) is 9.73. The normalized spacial score (nSPS) is 11.5. The number of furan rings is 1. The number of para-hydroxylation sites is 1. The van der Waals surface area contributed by atoms with Crippen molar-refractivity contribution in [2.45, 2.75) is 6.92 Å². The van der Waals surface area contributed by atoms with Crippen LogP contribution in [-0.2, 0) is 9.53 Å². The van der Waals surface area contributed by atoms with E-state index in [0.29, 0.717) is 48.1 Å². The predicted molar refractivity (Wildman–Crippen MR) is 150 cm³/mol. The average Bonchev–Trinajstić information content (AvgIpc) is 3.30. The lowest BCUT2D eigenvalue weighted by atomic mass is 10.2. The second-order valence-electron chi connectivity index (χ2n) is 8.01. The number of ether oxygens (including phenoxy) is 2. The summed E-state index contributed by atoms with van der Waals surface area (Å²) in [5.74, 6) is 0.285. The summed E-state index contributed by atoms with van der Waals surface area (Å²) in [5.41, 5.74) is 1.07. The van der Waals surface area contributed by atoms with E-state index in [2.05, 4.69) is 26.0 Å². The van der Waals surface area contributed by atoms with Gasteiger partial charge in [0.25, 0.3) is 5.56 Å². The molecule has 0 unspecified atom stereocenters. The van der Waals surface area contributed by atoms with Crippen LogP contribution < -0.4 is 10.3 Å². The Morgan fingerprint density at radius 3 is 2.76 bits per heavy atom. The predicted octanol–water partition coefficient (Wildman–Crippen LogP) is 6.70. The van der Waals surface area contributed by atoms with Crippen molar-refractivity contribution >= 4 is 73.2 Å². The number of benzene rings is 3. The number of hydrogen-bond donors (Lipinski definition) is 0. The van der Waals surface area contributed by atoms with Gasteiger partial charge in [0, 0.05) is 21.0 Å². The lowest BCUT2D eigenvalue weighted by molar-refractivity contribution is -0.145. The van der Waals surface area contributed by atoms with Gasteiger partial charge in [0.15, 0.2) is 12.4 Å². The van der Waals surface area contributed by atoms with Crippen LogP contribution in [0, 0.1) is 0 Å². The van der Waals surface area contributed by atoms with Gasteiger partial charge >= 0.3 is 5.97 Å². The van der Waals surface area contributed by atoms with Crippen LogP contribution in [0.5, 0.6) is 5.75 Å². The number of esters is 1. The van der Waals surface area contributed by atoms with Gasteiger partial charge in [0.05, 0.1) is 28.2 Å². The summed E-state index contributed by atoms with van der Waals surface area (Å²) in [7, 11) is 0. The summed E-state index contributed by atoms with van der Waals surface area (Å²) < 4.78 is 18.3. The van der Waals surface area contributed by atoms with Crippen LogP contribution in [-0.4, -0.2) is 35.1 Å². The fourth-order valence-electron chi connectivity index (χ4n) is 3.80. The monoisotopic (exact) mass is 613 g/mol. The SMILES string of the molecule is CCOC(=O)COc1c(Br)cc(Cl)cc1C=Nn1c(-c2cc3cc(Cl)ccc3o2)nc2ccccc2c1=O. The molecule has 0 radical (unpaired) electrons. The van der Waals surface area contributed by atoms with Gasteiger partial charge < -0.3 is 13.9 Å². The van der Waals surface area contributed by atoms with Crippen molar-refractivity contribution in [1.29, 1.82) is 0 Å². The topological polar surface area (TPSA) is 95.9 Å². The third kappa shape index (κ3) is 5.31. The Balaban J connectivity index is 1.64. The smallest absolute Gasteiger partial charge is 0.344 e. The molecule has 0 N–H and O–H groups in total. The van der Waals surface area contributed by atoms with E-state index in [1.807, 2.05) is 0 Å². The molecule has 5 aromatic rings. The molecule has 2 heterocycles. The van der Waals surface area contributed by atoms with Gasteiger partial charge in [-0.3, -0.25) is 4.79 Å². The summed E-state index contributed by atoms with van der Waals surface area (Å²) in [5, 5.41) is 6.51. The quantitative estimate of drug-likeness (QED) is 0.149. The molecule has 0 spiro atoms. The molecule has 5 rings (SSSR count). The molecular weight excluding hydrogens is 597 g/mol. The van der Waals surface area contributed by atoms with Crippen molar-refractivity contribution in [2.75, 3.05) is 13.2 Å². The van der Waals surface area contributed by atoms with Gasteiger partial charge in [-0.05, 0) is 71.4 Å². The van der Waals surface area contributed by atoms with E-state index in [9.17, 15) is 9.59 Å². The highest BCUT2D eigenvalue weighted by molar-refractivity contribution is 9.10. The zero-order chi connectivity index (χ0) is 26.8. The first-order chi connectivity index (χ1) is 18.3. The van der Waals surface area contributed by atoms with E-state index >= 15 is 0 Å². The Morgan fingerprint density at radius 2 is 1.95 bits per heavy atom. The van der Waals surface area contributed by atoms with Crippen LogP contribution in [0.15, 0.2) is 79.4 Å². The maximum atomic E-state index is 13.5.